The number of nitrogens with zero attached hydrogens (tertiary/aromatic N) is 1. The van der Waals surface area contributed by atoms with Crippen molar-refractivity contribution in [1.82, 2.24) is 5.32 Å². The van der Waals surface area contributed by atoms with Gasteiger partial charge in [0.05, 0.1) is 49.6 Å². The van der Waals surface area contributed by atoms with Gasteiger partial charge in [0.25, 0.3) is 0 Å². The maximum Gasteiger partial charge on any atom is 0.203 e. The average Bonchev–Trinajstić information content (AvgIpc) is 3.16. The summed E-state index contributed by atoms with van der Waals surface area (Å²) in [5.41, 5.74) is 2.47. The summed E-state index contributed by atoms with van der Waals surface area (Å²) in [5, 5.41) is 12.1. The van der Waals surface area contributed by atoms with Gasteiger partial charge in [0.2, 0.25) is 5.75 Å². The van der Waals surface area contributed by atoms with E-state index in [2.05, 4.69) is 11.4 Å². The normalized spacial score (nSPS) is 21.3. The Bertz CT molecular complexity index is 864. The summed E-state index contributed by atoms with van der Waals surface area (Å²) in [7, 11) is 4.70. The molecule has 3 atom stereocenters. The van der Waals surface area contributed by atoms with E-state index in [9.17, 15) is 4.79 Å². The number of rotatable bonds is 6. The molecule has 0 aliphatic carbocycles. The summed E-state index contributed by atoms with van der Waals surface area (Å²) in [6.07, 6.45) is 0.914. The number of carbonyl (C=O) groups is 1. The number of thioether (sulfide) groups is 1. The molecule has 6 nitrogen and oxygen atoms in total. The SMILES string of the molecule is COc1ccc(C2SC(c3ccc(C#N)cc3)NC2C=O)c(OC)c1OC. The zero-order valence-electron chi connectivity index (χ0n) is 15.3. The number of aldehydes is 1. The molecule has 1 N–H and O–H groups in total. The molecular formula is C20H20N2O4S. The fraction of sp³-hybridized carbons (Fsp3) is 0.300. The van der Waals surface area contributed by atoms with Gasteiger partial charge in [-0.25, -0.2) is 0 Å². The molecule has 0 aromatic heterocycles. The molecule has 1 heterocycles. The van der Waals surface area contributed by atoms with Crippen LogP contribution in [0.25, 0.3) is 0 Å². The standard InChI is InChI=1S/C20H20N2O4S/c1-24-16-9-8-14(17(25-2)18(16)26-3)19-15(11-23)22-20(27-19)13-6-4-12(10-21)5-7-13/h4-9,11,15,19-20,22H,1-3H3. The minimum Gasteiger partial charge on any atom is -0.493 e. The van der Waals surface area contributed by atoms with Crippen LogP contribution in [0.1, 0.15) is 27.3 Å². The maximum atomic E-state index is 11.7. The summed E-state index contributed by atoms with van der Waals surface area (Å²) in [6, 6.07) is 12.8. The Labute approximate surface area is 162 Å². The van der Waals surface area contributed by atoms with Crippen molar-refractivity contribution < 1.29 is 19.0 Å². The van der Waals surface area contributed by atoms with Crippen molar-refractivity contribution in [1.29, 1.82) is 5.26 Å². The van der Waals surface area contributed by atoms with Crippen LogP contribution in [0.3, 0.4) is 0 Å². The van der Waals surface area contributed by atoms with E-state index in [1.807, 2.05) is 24.3 Å². The number of hydrogen-bond donors (Lipinski definition) is 1. The Morgan fingerprint density at radius 2 is 1.74 bits per heavy atom. The van der Waals surface area contributed by atoms with Gasteiger partial charge in [-0.15, -0.1) is 11.8 Å². The first-order valence-electron chi connectivity index (χ1n) is 8.32. The van der Waals surface area contributed by atoms with E-state index in [1.165, 1.54) is 0 Å². The highest BCUT2D eigenvalue weighted by atomic mass is 32.2. The number of nitriles is 1. The van der Waals surface area contributed by atoms with Crippen LogP contribution < -0.4 is 19.5 Å². The number of hydrogen-bond acceptors (Lipinski definition) is 7. The number of nitrogens with one attached hydrogen (secondary N) is 1. The van der Waals surface area contributed by atoms with Crippen LogP contribution >= 0.6 is 11.8 Å². The molecule has 3 rings (SSSR count). The van der Waals surface area contributed by atoms with Gasteiger partial charge in [-0.3, -0.25) is 5.32 Å². The molecule has 27 heavy (non-hydrogen) atoms. The maximum absolute atomic E-state index is 11.7. The van der Waals surface area contributed by atoms with Gasteiger partial charge in [0.1, 0.15) is 6.29 Å². The molecule has 7 heteroatoms. The molecule has 140 valence electrons. The number of benzene rings is 2. The largest absolute Gasteiger partial charge is 0.493 e. The van der Waals surface area contributed by atoms with Crippen molar-refractivity contribution in [3.05, 3.63) is 53.1 Å². The van der Waals surface area contributed by atoms with E-state index in [0.717, 1.165) is 17.4 Å². The number of ether oxygens (including phenoxy) is 3. The monoisotopic (exact) mass is 384 g/mol. The smallest absolute Gasteiger partial charge is 0.203 e. The Morgan fingerprint density at radius 3 is 2.30 bits per heavy atom. The van der Waals surface area contributed by atoms with Crippen molar-refractivity contribution in [3.8, 4) is 23.3 Å². The summed E-state index contributed by atoms with van der Waals surface area (Å²) in [5.74, 6) is 1.63. The third-order valence-corrected chi connectivity index (χ3v) is 6.00. The summed E-state index contributed by atoms with van der Waals surface area (Å²) >= 11 is 1.62. The van der Waals surface area contributed by atoms with Crippen molar-refractivity contribution >= 4 is 18.0 Å². The lowest BCUT2D eigenvalue weighted by Gasteiger charge is -2.20. The Hall–Kier alpha value is -2.69. The highest BCUT2D eigenvalue weighted by Gasteiger charge is 2.38. The van der Waals surface area contributed by atoms with E-state index < -0.39 is 0 Å². The highest BCUT2D eigenvalue weighted by molar-refractivity contribution is 8.00. The lowest BCUT2D eigenvalue weighted by molar-refractivity contribution is -0.109. The van der Waals surface area contributed by atoms with Crippen LogP contribution in [0, 0.1) is 11.3 Å². The van der Waals surface area contributed by atoms with Crippen LogP contribution in [0.4, 0.5) is 0 Å². The predicted molar refractivity (Wildman–Crippen MR) is 103 cm³/mol. The van der Waals surface area contributed by atoms with Crippen molar-refractivity contribution in [2.24, 2.45) is 0 Å². The Morgan fingerprint density at radius 1 is 1.04 bits per heavy atom. The minimum atomic E-state index is -0.386. The quantitative estimate of drug-likeness (QED) is 0.766. The van der Waals surface area contributed by atoms with Crippen molar-refractivity contribution in [2.75, 3.05) is 21.3 Å². The first-order chi connectivity index (χ1) is 13.2. The van der Waals surface area contributed by atoms with E-state index >= 15 is 0 Å². The van der Waals surface area contributed by atoms with Crippen molar-refractivity contribution in [3.63, 3.8) is 0 Å². The third-order valence-electron chi connectivity index (χ3n) is 4.48. The second kappa shape index (κ2) is 8.33. The highest BCUT2D eigenvalue weighted by Crippen LogP contribution is 2.52. The van der Waals surface area contributed by atoms with E-state index in [4.69, 9.17) is 19.5 Å². The first-order valence-corrected chi connectivity index (χ1v) is 9.26. The van der Waals surface area contributed by atoms with E-state index in [-0.39, 0.29) is 16.7 Å². The van der Waals surface area contributed by atoms with Gasteiger partial charge in [-0.2, -0.15) is 5.26 Å². The van der Waals surface area contributed by atoms with Crippen LogP contribution in [0.15, 0.2) is 36.4 Å². The zero-order chi connectivity index (χ0) is 19.4. The topological polar surface area (TPSA) is 80.6 Å². The number of methoxy groups -OCH3 is 3. The molecule has 1 saturated heterocycles. The van der Waals surface area contributed by atoms with Gasteiger partial charge in [0.15, 0.2) is 11.5 Å². The van der Waals surface area contributed by atoms with Gasteiger partial charge >= 0.3 is 0 Å². The second-order valence-corrected chi connectivity index (χ2v) is 7.17. The average molecular weight is 384 g/mol. The zero-order valence-corrected chi connectivity index (χ0v) is 16.1. The molecule has 1 fully saturated rings. The van der Waals surface area contributed by atoms with Crippen LogP contribution in [-0.4, -0.2) is 33.7 Å². The second-order valence-electron chi connectivity index (χ2n) is 5.92. The molecule has 2 aromatic rings. The van der Waals surface area contributed by atoms with Gasteiger partial charge in [0, 0.05) is 5.56 Å². The molecule has 0 spiro atoms. The fourth-order valence-electron chi connectivity index (χ4n) is 3.17. The molecule has 3 unspecified atom stereocenters. The molecule has 0 bridgehead atoms. The van der Waals surface area contributed by atoms with Gasteiger partial charge < -0.3 is 19.0 Å². The van der Waals surface area contributed by atoms with Gasteiger partial charge in [-0.05, 0) is 23.8 Å². The minimum absolute atomic E-state index is 0.0734. The number of carbonyl (C=O) groups excluding carboxylic acids is 1. The summed E-state index contributed by atoms with van der Waals surface area (Å²) in [6.45, 7) is 0. The molecule has 0 radical (unpaired) electrons. The van der Waals surface area contributed by atoms with Crippen LogP contribution in [0.2, 0.25) is 0 Å². The molecule has 0 amide bonds. The van der Waals surface area contributed by atoms with Crippen LogP contribution in [0.5, 0.6) is 17.2 Å². The fourth-order valence-corrected chi connectivity index (χ4v) is 4.65. The predicted octanol–water partition coefficient (Wildman–Crippen LogP) is 3.23. The first kappa shape index (κ1) is 19.1. The molecule has 1 aliphatic rings. The molecule has 0 saturated carbocycles. The third kappa shape index (κ3) is 3.59. The summed E-state index contributed by atoms with van der Waals surface area (Å²) < 4.78 is 16.4. The van der Waals surface area contributed by atoms with Gasteiger partial charge in [-0.1, -0.05) is 18.2 Å². The lowest BCUT2D eigenvalue weighted by atomic mass is 10.0. The van der Waals surface area contributed by atoms with E-state index in [1.54, 1.807) is 45.2 Å². The molecule has 2 aromatic carbocycles. The Balaban J connectivity index is 1.96. The lowest BCUT2D eigenvalue weighted by Crippen LogP contribution is -2.29. The Kier molecular flexibility index (Phi) is 5.89. The summed E-state index contributed by atoms with van der Waals surface area (Å²) in [4.78, 5) is 11.7. The van der Waals surface area contributed by atoms with Crippen LogP contribution in [-0.2, 0) is 4.79 Å². The molecule has 1 aliphatic heterocycles. The van der Waals surface area contributed by atoms with E-state index in [0.29, 0.717) is 22.8 Å². The molecular weight excluding hydrogens is 364 g/mol. The van der Waals surface area contributed by atoms with Crippen molar-refractivity contribution in [2.45, 2.75) is 16.7 Å².